The summed E-state index contributed by atoms with van der Waals surface area (Å²) in [5.41, 5.74) is 0. The highest BCUT2D eigenvalue weighted by Gasteiger charge is 2.34. The number of hydrogen-bond donors (Lipinski definition) is 1. The third-order valence-corrected chi connectivity index (χ3v) is 4.07. The molecular weight excluding hydrogens is 270 g/mol. The van der Waals surface area contributed by atoms with Crippen LogP contribution in [-0.2, 0) is 16.1 Å². The summed E-state index contributed by atoms with van der Waals surface area (Å²) < 4.78 is 7.33. The number of carbonyl (C=O) groups is 1. The largest absolute Gasteiger partial charge is 0.394 e. The van der Waals surface area contributed by atoms with Crippen molar-refractivity contribution in [2.45, 2.75) is 51.3 Å². The number of aliphatic hydroxyl groups excluding tert-OH is 1. The molecule has 0 radical (unpaired) electrons. The zero-order valence-corrected chi connectivity index (χ0v) is 13.0. The molecule has 0 spiro atoms. The van der Waals surface area contributed by atoms with Crippen molar-refractivity contribution in [1.29, 1.82) is 0 Å². The zero-order valence-electron chi connectivity index (χ0n) is 13.0. The van der Waals surface area contributed by atoms with E-state index in [9.17, 15) is 9.90 Å². The number of nitrogens with zero attached hydrogens (tertiary/aromatic N) is 3. The average Bonchev–Trinajstić information content (AvgIpc) is 3.10. The number of rotatable bonds is 6. The van der Waals surface area contributed by atoms with Gasteiger partial charge in [-0.3, -0.25) is 4.79 Å². The first-order valence-electron chi connectivity index (χ1n) is 7.51. The van der Waals surface area contributed by atoms with Gasteiger partial charge in [0.25, 0.3) is 0 Å². The molecule has 1 aliphatic heterocycles. The molecule has 1 aliphatic rings. The zero-order chi connectivity index (χ0) is 15.4. The van der Waals surface area contributed by atoms with Crippen molar-refractivity contribution >= 4 is 5.91 Å². The molecule has 2 rings (SSSR count). The second-order valence-electron chi connectivity index (χ2n) is 5.86. The summed E-state index contributed by atoms with van der Waals surface area (Å²) >= 11 is 0. The maximum Gasteiger partial charge on any atom is 0.224 e. The van der Waals surface area contributed by atoms with E-state index in [1.165, 1.54) is 0 Å². The van der Waals surface area contributed by atoms with Gasteiger partial charge in [-0.05, 0) is 6.42 Å². The summed E-state index contributed by atoms with van der Waals surface area (Å²) in [4.78, 5) is 18.5. The normalized spacial score (nSPS) is 22.2. The van der Waals surface area contributed by atoms with Crippen LogP contribution in [0, 0.1) is 0 Å². The van der Waals surface area contributed by atoms with E-state index in [0.717, 1.165) is 5.82 Å². The molecule has 2 heterocycles. The smallest absolute Gasteiger partial charge is 0.224 e. The quantitative estimate of drug-likeness (QED) is 0.850. The summed E-state index contributed by atoms with van der Waals surface area (Å²) in [7, 11) is 1.65. The highest BCUT2D eigenvalue weighted by atomic mass is 16.5. The Labute approximate surface area is 125 Å². The van der Waals surface area contributed by atoms with Gasteiger partial charge in [0.05, 0.1) is 18.8 Å². The Kier molecular flexibility index (Phi) is 5.36. The van der Waals surface area contributed by atoms with Crippen LogP contribution >= 0.6 is 0 Å². The molecule has 1 aromatic heterocycles. The van der Waals surface area contributed by atoms with Gasteiger partial charge in [0.1, 0.15) is 5.82 Å². The number of methoxy groups -OCH3 is 1. The lowest BCUT2D eigenvalue weighted by Gasteiger charge is -2.23. The molecule has 1 amide bonds. The lowest BCUT2D eigenvalue weighted by Crippen LogP contribution is -2.38. The molecule has 1 N–H and O–H groups in total. The molecule has 1 fully saturated rings. The van der Waals surface area contributed by atoms with Crippen molar-refractivity contribution in [3.05, 3.63) is 18.2 Å². The Balaban J connectivity index is 1.93. The van der Waals surface area contributed by atoms with Crippen LogP contribution < -0.4 is 0 Å². The van der Waals surface area contributed by atoms with Crippen LogP contribution in [0.4, 0.5) is 0 Å². The van der Waals surface area contributed by atoms with Gasteiger partial charge in [0.15, 0.2) is 0 Å². The molecule has 118 valence electrons. The van der Waals surface area contributed by atoms with E-state index in [4.69, 9.17) is 4.74 Å². The second-order valence-corrected chi connectivity index (χ2v) is 5.86. The van der Waals surface area contributed by atoms with Crippen molar-refractivity contribution in [3.8, 4) is 0 Å². The SMILES string of the molecule is CO[C@@H]1C[C@@H](CO)N(C(=O)CCn2ccnc2C(C)C)C1. The molecule has 0 bridgehead atoms. The van der Waals surface area contributed by atoms with Gasteiger partial charge in [-0.25, -0.2) is 4.98 Å². The second kappa shape index (κ2) is 7.04. The van der Waals surface area contributed by atoms with Gasteiger partial charge in [0, 0.05) is 44.9 Å². The number of aromatic nitrogens is 2. The van der Waals surface area contributed by atoms with E-state index in [1.807, 2.05) is 10.8 Å². The molecule has 0 aliphatic carbocycles. The third-order valence-electron chi connectivity index (χ3n) is 4.07. The molecule has 0 saturated carbocycles. The Morgan fingerprint density at radius 1 is 1.57 bits per heavy atom. The van der Waals surface area contributed by atoms with Crippen LogP contribution in [0.15, 0.2) is 12.4 Å². The van der Waals surface area contributed by atoms with Gasteiger partial charge < -0.3 is 19.3 Å². The molecule has 0 unspecified atom stereocenters. The number of aliphatic hydroxyl groups is 1. The molecule has 0 aromatic carbocycles. The Morgan fingerprint density at radius 2 is 2.33 bits per heavy atom. The van der Waals surface area contributed by atoms with Crippen LogP contribution in [-0.4, -0.2) is 57.9 Å². The van der Waals surface area contributed by atoms with Crippen LogP contribution in [0.2, 0.25) is 0 Å². The molecule has 1 saturated heterocycles. The number of aryl methyl sites for hydroxylation is 1. The maximum atomic E-state index is 12.4. The topological polar surface area (TPSA) is 67.6 Å². The Morgan fingerprint density at radius 3 is 2.95 bits per heavy atom. The Bertz CT molecular complexity index is 472. The molecule has 1 aromatic rings. The van der Waals surface area contributed by atoms with Gasteiger partial charge in [-0.1, -0.05) is 13.8 Å². The van der Waals surface area contributed by atoms with Gasteiger partial charge in [0.2, 0.25) is 5.91 Å². The van der Waals surface area contributed by atoms with Crippen molar-refractivity contribution < 1.29 is 14.6 Å². The fourth-order valence-corrected chi connectivity index (χ4v) is 2.89. The third kappa shape index (κ3) is 3.63. The summed E-state index contributed by atoms with van der Waals surface area (Å²) in [6.45, 7) is 5.37. The van der Waals surface area contributed by atoms with E-state index >= 15 is 0 Å². The van der Waals surface area contributed by atoms with E-state index in [1.54, 1.807) is 18.2 Å². The molecule has 2 atom stereocenters. The minimum absolute atomic E-state index is 0.00603. The van der Waals surface area contributed by atoms with Gasteiger partial charge in [-0.2, -0.15) is 0 Å². The number of carbonyl (C=O) groups excluding carboxylic acids is 1. The highest BCUT2D eigenvalue weighted by molar-refractivity contribution is 5.76. The van der Waals surface area contributed by atoms with Crippen LogP contribution in [0.5, 0.6) is 0 Å². The minimum Gasteiger partial charge on any atom is -0.394 e. The Hall–Kier alpha value is -1.40. The minimum atomic E-state index is -0.116. The van der Waals surface area contributed by atoms with Crippen LogP contribution in [0.1, 0.15) is 38.4 Å². The monoisotopic (exact) mass is 295 g/mol. The van der Waals surface area contributed by atoms with E-state index in [-0.39, 0.29) is 24.7 Å². The van der Waals surface area contributed by atoms with E-state index in [2.05, 4.69) is 18.8 Å². The van der Waals surface area contributed by atoms with Gasteiger partial charge >= 0.3 is 0 Å². The predicted molar refractivity (Wildman–Crippen MR) is 78.9 cm³/mol. The first-order chi connectivity index (χ1) is 10.1. The van der Waals surface area contributed by atoms with Crippen molar-refractivity contribution in [3.63, 3.8) is 0 Å². The lowest BCUT2D eigenvalue weighted by molar-refractivity contribution is -0.133. The van der Waals surface area contributed by atoms with E-state index < -0.39 is 0 Å². The summed E-state index contributed by atoms with van der Waals surface area (Å²) in [5, 5.41) is 9.40. The first kappa shape index (κ1) is 16.0. The average molecular weight is 295 g/mol. The van der Waals surface area contributed by atoms with Crippen molar-refractivity contribution in [2.24, 2.45) is 0 Å². The van der Waals surface area contributed by atoms with Gasteiger partial charge in [-0.15, -0.1) is 0 Å². The highest BCUT2D eigenvalue weighted by Crippen LogP contribution is 2.21. The number of amides is 1. The fourth-order valence-electron chi connectivity index (χ4n) is 2.89. The standard InChI is InChI=1S/C15H25N3O3/c1-11(2)15-16-5-7-17(15)6-4-14(20)18-9-13(21-3)8-12(18)10-19/h5,7,11-13,19H,4,6,8-10H2,1-3H3/t12-,13+/m0/s1. The maximum absolute atomic E-state index is 12.4. The summed E-state index contributed by atoms with van der Waals surface area (Å²) in [5.74, 6) is 1.40. The summed E-state index contributed by atoms with van der Waals surface area (Å²) in [6, 6.07) is -0.116. The number of ether oxygens (including phenoxy) is 1. The number of likely N-dealkylation sites (tertiary alicyclic amines) is 1. The van der Waals surface area contributed by atoms with Crippen molar-refractivity contribution in [1.82, 2.24) is 14.5 Å². The summed E-state index contributed by atoms with van der Waals surface area (Å²) in [6.07, 6.45) is 4.84. The van der Waals surface area contributed by atoms with Crippen LogP contribution in [0.3, 0.4) is 0 Å². The fraction of sp³-hybridized carbons (Fsp3) is 0.733. The van der Waals surface area contributed by atoms with E-state index in [0.29, 0.717) is 31.8 Å². The number of hydrogen-bond acceptors (Lipinski definition) is 4. The van der Waals surface area contributed by atoms with Crippen LogP contribution in [0.25, 0.3) is 0 Å². The molecule has 6 heteroatoms. The molecular formula is C15H25N3O3. The van der Waals surface area contributed by atoms with Crippen molar-refractivity contribution in [2.75, 3.05) is 20.3 Å². The molecule has 6 nitrogen and oxygen atoms in total. The first-order valence-corrected chi connectivity index (χ1v) is 7.51. The lowest BCUT2D eigenvalue weighted by atomic mass is 10.2. The molecule has 21 heavy (non-hydrogen) atoms. The predicted octanol–water partition coefficient (Wildman–Crippen LogP) is 1.00. The number of imidazole rings is 1.